The van der Waals surface area contributed by atoms with Gasteiger partial charge in [-0.25, -0.2) is 4.79 Å². The van der Waals surface area contributed by atoms with E-state index in [1.54, 1.807) is 4.90 Å². The summed E-state index contributed by atoms with van der Waals surface area (Å²) in [5, 5.41) is 5.72. The Labute approximate surface area is 131 Å². The van der Waals surface area contributed by atoms with Crippen molar-refractivity contribution in [1.82, 2.24) is 20.4 Å². The topological polar surface area (TPSA) is 80.5 Å². The van der Waals surface area contributed by atoms with Crippen molar-refractivity contribution in [2.75, 3.05) is 19.8 Å². The Morgan fingerprint density at radius 3 is 2.83 bits per heavy atom. The number of rotatable bonds is 4. The van der Waals surface area contributed by atoms with Crippen LogP contribution in [0, 0.1) is 5.92 Å². The number of amides is 2. The first-order valence-corrected chi connectivity index (χ1v) is 7.29. The molecule has 2 rings (SSSR count). The maximum atomic E-state index is 12.4. The molecule has 0 aliphatic carbocycles. The molecular weight excluding hydrogens is 317 g/mol. The van der Waals surface area contributed by atoms with Crippen molar-refractivity contribution in [2.45, 2.75) is 39.0 Å². The molecule has 0 saturated carbocycles. The highest BCUT2D eigenvalue weighted by Gasteiger charge is 2.38. The molecule has 1 aromatic heterocycles. The average Bonchev–Trinajstić information content (AvgIpc) is 2.93. The number of nitrogens with zero attached hydrogens (tertiary/aromatic N) is 3. The number of carbonyl (C=O) groups is 1. The highest BCUT2D eigenvalue weighted by atomic mass is 19.4. The molecule has 1 fully saturated rings. The number of urea groups is 1. The second-order valence-electron chi connectivity index (χ2n) is 5.72. The molecule has 1 saturated heterocycles. The van der Waals surface area contributed by atoms with Gasteiger partial charge in [-0.2, -0.15) is 18.2 Å². The third kappa shape index (κ3) is 4.81. The average molecular weight is 336 g/mol. The molecule has 1 atom stereocenters. The fourth-order valence-corrected chi connectivity index (χ4v) is 2.36. The number of halogens is 3. The molecule has 0 radical (unpaired) electrons. The van der Waals surface area contributed by atoms with E-state index in [-0.39, 0.29) is 24.4 Å². The molecule has 1 aliphatic rings. The largest absolute Gasteiger partial charge is 0.471 e. The molecule has 1 aliphatic heterocycles. The number of alkyl halides is 3. The summed E-state index contributed by atoms with van der Waals surface area (Å²) in [6, 6.07) is -0.433. The highest BCUT2D eigenvalue weighted by molar-refractivity contribution is 5.74. The monoisotopic (exact) mass is 336 g/mol. The zero-order valence-corrected chi connectivity index (χ0v) is 12.9. The van der Waals surface area contributed by atoms with Crippen molar-refractivity contribution in [3.8, 4) is 0 Å². The maximum Gasteiger partial charge on any atom is 0.471 e. The van der Waals surface area contributed by atoms with Gasteiger partial charge in [-0.3, -0.25) is 0 Å². The Balaban J connectivity index is 1.91. The Morgan fingerprint density at radius 1 is 1.48 bits per heavy atom. The van der Waals surface area contributed by atoms with Crippen LogP contribution in [-0.4, -0.2) is 46.9 Å². The molecule has 1 N–H and O–H groups in total. The van der Waals surface area contributed by atoms with Crippen molar-refractivity contribution >= 4 is 6.03 Å². The smallest absolute Gasteiger partial charge is 0.377 e. The summed E-state index contributed by atoms with van der Waals surface area (Å²) in [5.41, 5.74) is 0. The summed E-state index contributed by atoms with van der Waals surface area (Å²) in [6.45, 7) is 5.17. The van der Waals surface area contributed by atoms with E-state index < -0.39 is 12.1 Å². The first kappa shape index (κ1) is 17.5. The van der Waals surface area contributed by atoms with Gasteiger partial charge in [0.15, 0.2) is 5.82 Å². The third-order valence-electron chi connectivity index (χ3n) is 3.34. The number of carbonyl (C=O) groups excluding carboxylic acids is 1. The number of aromatic nitrogens is 2. The van der Waals surface area contributed by atoms with Crippen molar-refractivity contribution in [3.63, 3.8) is 0 Å². The van der Waals surface area contributed by atoms with Crippen LogP contribution in [0.4, 0.5) is 18.0 Å². The van der Waals surface area contributed by atoms with Crippen LogP contribution in [0.1, 0.15) is 32.0 Å². The minimum Gasteiger partial charge on any atom is -0.377 e. The molecule has 10 heteroatoms. The summed E-state index contributed by atoms with van der Waals surface area (Å²) in [7, 11) is 0. The van der Waals surface area contributed by atoms with Gasteiger partial charge in [0.2, 0.25) is 0 Å². The van der Waals surface area contributed by atoms with E-state index in [0.29, 0.717) is 25.7 Å². The van der Waals surface area contributed by atoms with E-state index in [0.717, 1.165) is 6.42 Å². The van der Waals surface area contributed by atoms with Crippen molar-refractivity contribution < 1.29 is 27.2 Å². The zero-order chi connectivity index (χ0) is 17.0. The Morgan fingerprint density at radius 2 is 2.22 bits per heavy atom. The number of hydrogen-bond donors (Lipinski definition) is 1. The van der Waals surface area contributed by atoms with Crippen LogP contribution >= 0.6 is 0 Å². The second kappa shape index (κ2) is 7.16. The van der Waals surface area contributed by atoms with Gasteiger partial charge in [-0.15, -0.1) is 0 Å². The summed E-state index contributed by atoms with van der Waals surface area (Å²) >= 11 is 0. The standard InChI is InChI=1S/C13H19F3N4O3/c1-8(2)5-9-7-22-4-3-20(9)12(21)17-6-10-18-11(23-19-10)13(14,15)16/h8-9H,3-7H2,1-2H3,(H,17,21)/t9-/m0/s1. The Bertz CT molecular complexity index is 533. The Kier molecular flexibility index (Phi) is 5.45. The van der Waals surface area contributed by atoms with Gasteiger partial charge in [-0.1, -0.05) is 19.0 Å². The molecule has 0 spiro atoms. The van der Waals surface area contributed by atoms with Crippen LogP contribution in [0.15, 0.2) is 4.52 Å². The SMILES string of the molecule is CC(C)C[C@H]1COCCN1C(=O)NCc1noc(C(F)(F)F)n1. The quantitative estimate of drug-likeness (QED) is 0.910. The van der Waals surface area contributed by atoms with E-state index >= 15 is 0 Å². The lowest BCUT2D eigenvalue weighted by atomic mass is 10.0. The van der Waals surface area contributed by atoms with Gasteiger partial charge in [0.1, 0.15) is 0 Å². The van der Waals surface area contributed by atoms with E-state index in [4.69, 9.17) is 4.74 Å². The van der Waals surface area contributed by atoms with Gasteiger partial charge in [-0.05, 0) is 12.3 Å². The van der Waals surface area contributed by atoms with Crippen molar-refractivity contribution in [3.05, 3.63) is 11.7 Å². The van der Waals surface area contributed by atoms with Crippen LogP contribution in [0.3, 0.4) is 0 Å². The molecular formula is C13H19F3N4O3. The molecule has 2 heterocycles. The van der Waals surface area contributed by atoms with Crippen molar-refractivity contribution in [1.29, 1.82) is 0 Å². The molecule has 23 heavy (non-hydrogen) atoms. The van der Waals surface area contributed by atoms with Crippen molar-refractivity contribution in [2.24, 2.45) is 5.92 Å². The fourth-order valence-electron chi connectivity index (χ4n) is 2.36. The minimum absolute atomic E-state index is 0.0558. The van der Waals surface area contributed by atoms with Gasteiger partial charge < -0.3 is 19.5 Å². The summed E-state index contributed by atoms with van der Waals surface area (Å²) in [5.74, 6) is -1.26. The fraction of sp³-hybridized carbons (Fsp3) is 0.769. The predicted octanol–water partition coefficient (Wildman–Crippen LogP) is 2.04. The van der Waals surface area contributed by atoms with Gasteiger partial charge >= 0.3 is 18.1 Å². The lowest BCUT2D eigenvalue weighted by Crippen LogP contribution is -2.52. The van der Waals surface area contributed by atoms with E-state index in [9.17, 15) is 18.0 Å². The number of nitrogens with one attached hydrogen (secondary N) is 1. The summed E-state index contributed by atoms with van der Waals surface area (Å²) in [6.07, 6.45) is -3.91. The predicted molar refractivity (Wildman–Crippen MR) is 72.3 cm³/mol. The van der Waals surface area contributed by atoms with E-state index in [1.807, 2.05) is 13.8 Å². The first-order valence-electron chi connectivity index (χ1n) is 7.29. The highest BCUT2D eigenvalue weighted by Crippen LogP contribution is 2.27. The first-order chi connectivity index (χ1) is 10.8. The lowest BCUT2D eigenvalue weighted by molar-refractivity contribution is -0.159. The summed E-state index contributed by atoms with van der Waals surface area (Å²) in [4.78, 5) is 17.1. The molecule has 2 amide bonds. The number of ether oxygens (including phenoxy) is 1. The maximum absolute atomic E-state index is 12.4. The van der Waals surface area contributed by atoms with E-state index in [1.165, 1.54) is 0 Å². The van der Waals surface area contributed by atoms with Crippen LogP contribution in [0.5, 0.6) is 0 Å². The van der Waals surface area contributed by atoms with Gasteiger partial charge in [0.25, 0.3) is 0 Å². The van der Waals surface area contributed by atoms with Crippen LogP contribution in [-0.2, 0) is 17.5 Å². The second-order valence-corrected chi connectivity index (χ2v) is 5.72. The molecule has 130 valence electrons. The minimum atomic E-state index is -4.69. The zero-order valence-electron chi connectivity index (χ0n) is 12.9. The van der Waals surface area contributed by atoms with Crippen LogP contribution in [0.2, 0.25) is 0 Å². The van der Waals surface area contributed by atoms with Gasteiger partial charge in [0, 0.05) is 6.54 Å². The van der Waals surface area contributed by atoms with Crippen LogP contribution < -0.4 is 5.32 Å². The molecule has 7 nitrogen and oxygen atoms in total. The summed E-state index contributed by atoms with van der Waals surface area (Å²) < 4.78 is 46.6. The molecule has 1 aromatic rings. The lowest BCUT2D eigenvalue weighted by Gasteiger charge is -2.36. The molecule has 0 aromatic carbocycles. The van der Waals surface area contributed by atoms with Gasteiger partial charge in [0.05, 0.1) is 25.8 Å². The van der Waals surface area contributed by atoms with Crippen LogP contribution in [0.25, 0.3) is 0 Å². The normalized spacial score (nSPS) is 19.2. The molecule has 0 unspecified atom stereocenters. The number of hydrogen-bond acceptors (Lipinski definition) is 5. The Hall–Kier alpha value is -1.84. The third-order valence-corrected chi connectivity index (χ3v) is 3.34. The number of morpholine rings is 1. The van der Waals surface area contributed by atoms with E-state index in [2.05, 4.69) is 20.0 Å². The molecule has 0 bridgehead atoms.